The first-order chi connectivity index (χ1) is 10.1. The predicted molar refractivity (Wildman–Crippen MR) is 101 cm³/mol. The van der Waals surface area contributed by atoms with Crippen molar-refractivity contribution in [3.8, 4) is 11.1 Å². The van der Waals surface area contributed by atoms with Gasteiger partial charge < -0.3 is 4.57 Å². The predicted octanol–water partition coefficient (Wildman–Crippen LogP) is 5.71. The van der Waals surface area contributed by atoms with Gasteiger partial charge in [0.1, 0.15) is 8.96 Å². The molecule has 0 unspecified atom stereocenters. The van der Waals surface area contributed by atoms with Crippen LogP contribution in [0.2, 0.25) is 13.1 Å². The molecule has 0 aromatic heterocycles. The Kier molecular flexibility index (Phi) is 6.06. The highest BCUT2D eigenvalue weighted by molar-refractivity contribution is 9.10. The summed E-state index contributed by atoms with van der Waals surface area (Å²) in [5.74, 6) is 0. The molecule has 0 fully saturated rings. The van der Waals surface area contributed by atoms with Crippen LogP contribution in [0.4, 0.5) is 5.69 Å². The number of hydrogen-bond donors (Lipinski definition) is 0. The lowest BCUT2D eigenvalue weighted by atomic mass is 10.0. The Morgan fingerprint density at radius 1 is 1.00 bits per heavy atom. The van der Waals surface area contributed by atoms with Crippen LogP contribution in [0.25, 0.3) is 11.1 Å². The van der Waals surface area contributed by atoms with Gasteiger partial charge in [-0.2, -0.15) is 0 Å². The van der Waals surface area contributed by atoms with Gasteiger partial charge >= 0.3 is 0 Å². The molecule has 0 atom stereocenters. The molecule has 0 saturated carbocycles. The van der Waals surface area contributed by atoms with Gasteiger partial charge in [0.15, 0.2) is 0 Å². The summed E-state index contributed by atoms with van der Waals surface area (Å²) in [7, 11) is -0.920. The Morgan fingerprint density at radius 2 is 1.71 bits per heavy atom. The first-order valence-corrected chi connectivity index (χ1v) is 11.4. The molecular formula is C18H24BrNSi. The van der Waals surface area contributed by atoms with Gasteiger partial charge in [0.2, 0.25) is 0 Å². The molecule has 1 nitrogen and oxygen atoms in total. The summed E-state index contributed by atoms with van der Waals surface area (Å²) < 4.78 is 3.86. The Labute approximate surface area is 138 Å². The molecule has 0 radical (unpaired) electrons. The van der Waals surface area contributed by atoms with Crippen molar-refractivity contribution in [2.75, 3.05) is 11.1 Å². The van der Waals surface area contributed by atoms with E-state index in [9.17, 15) is 0 Å². The fourth-order valence-electron chi connectivity index (χ4n) is 2.61. The molecule has 0 N–H and O–H groups in total. The Bertz CT molecular complexity index is 569. The van der Waals surface area contributed by atoms with Crippen LogP contribution in [0.1, 0.15) is 19.8 Å². The maximum absolute atomic E-state index is 3.79. The average Bonchev–Trinajstić information content (AvgIpc) is 2.49. The Hall–Kier alpha value is -1.06. The van der Waals surface area contributed by atoms with Gasteiger partial charge in [-0.15, -0.1) is 0 Å². The van der Waals surface area contributed by atoms with Crippen LogP contribution in [0.3, 0.4) is 0 Å². The van der Waals surface area contributed by atoms with Crippen molar-refractivity contribution in [2.24, 2.45) is 0 Å². The van der Waals surface area contributed by atoms with E-state index in [1.165, 1.54) is 34.1 Å². The zero-order chi connectivity index (χ0) is 15.2. The molecule has 21 heavy (non-hydrogen) atoms. The highest BCUT2D eigenvalue weighted by Crippen LogP contribution is 2.37. The Balaban J connectivity index is 2.50. The monoisotopic (exact) mass is 361 g/mol. The van der Waals surface area contributed by atoms with Crippen molar-refractivity contribution in [2.45, 2.75) is 32.9 Å². The molecule has 2 rings (SSSR count). The van der Waals surface area contributed by atoms with Crippen molar-refractivity contribution >= 4 is 30.6 Å². The number of halogens is 1. The molecule has 0 heterocycles. The molecule has 2 aromatic carbocycles. The zero-order valence-corrected chi connectivity index (χ0v) is 15.9. The molecule has 0 bridgehead atoms. The van der Waals surface area contributed by atoms with Crippen molar-refractivity contribution in [1.82, 2.24) is 0 Å². The van der Waals surface area contributed by atoms with Crippen molar-refractivity contribution in [3.05, 3.63) is 53.0 Å². The van der Waals surface area contributed by atoms with Gasteiger partial charge in [-0.1, -0.05) is 68.9 Å². The van der Waals surface area contributed by atoms with Gasteiger partial charge in [-0.05, 0) is 34.0 Å². The smallest absolute Gasteiger partial charge is 0.134 e. The molecule has 2 aromatic rings. The fourth-order valence-corrected chi connectivity index (χ4v) is 4.89. The summed E-state index contributed by atoms with van der Waals surface area (Å²) >= 11 is 3.79. The van der Waals surface area contributed by atoms with Crippen molar-refractivity contribution in [3.63, 3.8) is 0 Å². The lowest BCUT2D eigenvalue weighted by molar-refractivity contribution is 0.799. The SMILES string of the molecule is CCCCN(c1c(Br)cccc1-c1ccccc1)[SiH](C)C. The highest BCUT2D eigenvalue weighted by Gasteiger charge is 2.18. The number of benzene rings is 2. The van der Waals surface area contributed by atoms with E-state index in [1.54, 1.807) is 0 Å². The minimum atomic E-state index is -0.920. The molecule has 0 amide bonds. The zero-order valence-electron chi connectivity index (χ0n) is 13.1. The van der Waals surface area contributed by atoms with Crippen LogP contribution in [0.5, 0.6) is 0 Å². The third-order valence-corrected chi connectivity index (χ3v) is 6.14. The van der Waals surface area contributed by atoms with Crippen molar-refractivity contribution in [1.29, 1.82) is 0 Å². The molecule has 3 heteroatoms. The number of para-hydroxylation sites is 1. The van der Waals surface area contributed by atoms with E-state index < -0.39 is 8.96 Å². The second-order valence-electron chi connectivity index (χ2n) is 5.64. The minimum Gasteiger partial charge on any atom is -0.399 e. The molecular weight excluding hydrogens is 338 g/mol. The van der Waals surface area contributed by atoms with Gasteiger partial charge in [-0.3, -0.25) is 0 Å². The topological polar surface area (TPSA) is 3.24 Å². The first kappa shape index (κ1) is 16.3. The quantitative estimate of drug-likeness (QED) is 0.595. The standard InChI is InChI=1S/C18H24BrNSi/c1-4-5-14-20(21(2)3)18-16(12-9-13-17(18)19)15-10-7-6-8-11-15/h6-13,21H,4-5,14H2,1-3H3. The molecule has 0 aliphatic rings. The fraction of sp³-hybridized carbons (Fsp3) is 0.333. The van der Waals surface area contributed by atoms with E-state index in [0.717, 1.165) is 6.54 Å². The van der Waals surface area contributed by atoms with Crippen LogP contribution >= 0.6 is 15.9 Å². The second kappa shape index (κ2) is 7.81. The van der Waals surface area contributed by atoms with E-state index >= 15 is 0 Å². The van der Waals surface area contributed by atoms with E-state index in [0.29, 0.717) is 0 Å². The summed E-state index contributed by atoms with van der Waals surface area (Å²) in [6.07, 6.45) is 2.49. The van der Waals surface area contributed by atoms with Gasteiger partial charge in [-0.25, -0.2) is 0 Å². The number of anilines is 1. The van der Waals surface area contributed by atoms with Crippen LogP contribution in [0.15, 0.2) is 53.0 Å². The highest BCUT2D eigenvalue weighted by atomic mass is 79.9. The summed E-state index contributed by atoms with van der Waals surface area (Å²) in [6.45, 7) is 8.23. The van der Waals surface area contributed by atoms with E-state index in [1.807, 2.05) is 0 Å². The summed E-state index contributed by atoms with van der Waals surface area (Å²) in [5.41, 5.74) is 4.01. The van der Waals surface area contributed by atoms with Crippen LogP contribution in [0, 0.1) is 0 Å². The normalized spacial score (nSPS) is 10.9. The maximum Gasteiger partial charge on any atom is 0.134 e. The molecule has 0 aliphatic carbocycles. The second-order valence-corrected chi connectivity index (χ2v) is 9.31. The first-order valence-electron chi connectivity index (χ1n) is 7.75. The van der Waals surface area contributed by atoms with Gasteiger partial charge in [0.25, 0.3) is 0 Å². The van der Waals surface area contributed by atoms with Crippen LogP contribution in [-0.4, -0.2) is 15.5 Å². The molecule has 0 saturated heterocycles. The molecule has 0 spiro atoms. The van der Waals surface area contributed by atoms with E-state index in [4.69, 9.17) is 0 Å². The van der Waals surface area contributed by atoms with Crippen LogP contribution in [-0.2, 0) is 0 Å². The van der Waals surface area contributed by atoms with E-state index in [2.05, 4.69) is 89.0 Å². The third-order valence-electron chi connectivity index (χ3n) is 3.73. The summed E-state index contributed by atoms with van der Waals surface area (Å²) in [5, 5.41) is 0. The maximum atomic E-state index is 3.79. The molecule has 112 valence electrons. The van der Waals surface area contributed by atoms with Gasteiger partial charge in [0, 0.05) is 16.6 Å². The minimum absolute atomic E-state index is 0.920. The Morgan fingerprint density at radius 3 is 2.33 bits per heavy atom. The number of hydrogen-bond acceptors (Lipinski definition) is 1. The largest absolute Gasteiger partial charge is 0.399 e. The average molecular weight is 362 g/mol. The number of rotatable bonds is 6. The van der Waals surface area contributed by atoms with Gasteiger partial charge in [0.05, 0.1) is 5.69 Å². The lowest BCUT2D eigenvalue weighted by Crippen LogP contribution is -2.36. The third kappa shape index (κ3) is 3.98. The lowest BCUT2D eigenvalue weighted by Gasteiger charge is -2.32. The number of nitrogens with zero attached hydrogens (tertiary/aromatic N) is 1. The number of unbranched alkanes of at least 4 members (excludes halogenated alkanes) is 1. The molecule has 0 aliphatic heterocycles. The summed E-state index contributed by atoms with van der Waals surface area (Å²) in [4.78, 5) is 0. The van der Waals surface area contributed by atoms with Crippen LogP contribution < -0.4 is 4.57 Å². The summed E-state index contributed by atoms with van der Waals surface area (Å²) in [6, 6.07) is 17.2. The van der Waals surface area contributed by atoms with E-state index in [-0.39, 0.29) is 0 Å². The van der Waals surface area contributed by atoms with Crippen molar-refractivity contribution < 1.29 is 0 Å².